The number of aryl methyl sites for hydroxylation is 1. The van der Waals surface area contributed by atoms with Gasteiger partial charge in [0, 0.05) is 35.2 Å². The Morgan fingerprint density at radius 3 is 2.82 bits per heavy atom. The zero-order chi connectivity index (χ0) is 15.7. The van der Waals surface area contributed by atoms with Crippen molar-refractivity contribution in [1.82, 2.24) is 15.2 Å². The predicted octanol–water partition coefficient (Wildman–Crippen LogP) is 1.57. The van der Waals surface area contributed by atoms with E-state index in [4.69, 9.17) is 5.73 Å². The number of primary amides is 1. The van der Waals surface area contributed by atoms with Gasteiger partial charge in [0.2, 0.25) is 5.91 Å². The first-order valence-corrected chi connectivity index (χ1v) is 6.96. The van der Waals surface area contributed by atoms with E-state index >= 15 is 0 Å². The molecule has 0 aliphatic rings. The number of hydrogen-bond acceptors (Lipinski definition) is 3. The van der Waals surface area contributed by atoms with Crippen LogP contribution >= 0.6 is 0 Å². The molecule has 0 saturated carbocycles. The van der Waals surface area contributed by atoms with E-state index in [1.165, 1.54) is 0 Å². The highest BCUT2D eigenvalue weighted by Gasteiger charge is 2.23. The van der Waals surface area contributed by atoms with Crippen LogP contribution in [-0.2, 0) is 4.79 Å². The van der Waals surface area contributed by atoms with E-state index in [0.717, 1.165) is 16.5 Å². The Morgan fingerprint density at radius 1 is 1.32 bits per heavy atom. The second-order valence-electron chi connectivity index (χ2n) is 5.30. The number of aromatic nitrogens is 3. The summed E-state index contributed by atoms with van der Waals surface area (Å²) < 4.78 is 0. The average Bonchev–Trinajstić information content (AvgIpc) is 2.83. The van der Waals surface area contributed by atoms with Crippen molar-refractivity contribution in [3.63, 3.8) is 0 Å². The molecule has 4 N–H and O–H groups in total. The minimum absolute atomic E-state index is 0.0769. The molecule has 2 heterocycles. The Balaban J connectivity index is 2.15. The van der Waals surface area contributed by atoms with Gasteiger partial charge in [0.1, 0.15) is 0 Å². The van der Waals surface area contributed by atoms with Crippen LogP contribution in [0.3, 0.4) is 0 Å². The molecule has 6 heteroatoms. The molecule has 0 spiro atoms. The van der Waals surface area contributed by atoms with Crippen molar-refractivity contribution in [2.45, 2.75) is 19.3 Å². The van der Waals surface area contributed by atoms with Crippen LogP contribution < -0.4 is 11.3 Å². The number of pyridine rings is 1. The minimum Gasteiger partial charge on any atom is -0.370 e. The second-order valence-corrected chi connectivity index (χ2v) is 5.30. The van der Waals surface area contributed by atoms with Gasteiger partial charge in [-0.2, -0.15) is 0 Å². The van der Waals surface area contributed by atoms with Crippen LogP contribution in [0.4, 0.5) is 0 Å². The number of amides is 1. The normalized spacial score (nSPS) is 12.4. The highest BCUT2D eigenvalue weighted by molar-refractivity contribution is 5.80. The van der Waals surface area contributed by atoms with Gasteiger partial charge < -0.3 is 10.8 Å². The number of carbonyl (C=O) groups is 1. The lowest BCUT2D eigenvalue weighted by Crippen LogP contribution is -2.20. The first-order valence-electron chi connectivity index (χ1n) is 6.96. The Labute approximate surface area is 126 Å². The molecule has 2 aromatic heterocycles. The van der Waals surface area contributed by atoms with Gasteiger partial charge in [-0.15, -0.1) is 0 Å². The summed E-state index contributed by atoms with van der Waals surface area (Å²) in [5.74, 6) is -0.826. The van der Waals surface area contributed by atoms with Crippen molar-refractivity contribution in [3.8, 4) is 0 Å². The predicted molar refractivity (Wildman–Crippen MR) is 83.5 cm³/mol. The molecule has 0 saturated heterocycles. The number of H-pyrrole nitrogens is 2. The van der Waals surface area contributed by atoms with Crippen molar-refractivity contribution in [2.24, 2.45) is 5.73 Å². The fourth-order valence-corrected chi connectivity index (χ4v) is 2.77. The van der Waals surface area contributed by atoms with E-state index in [1.807, 2.05) is 30.3 Å². The molecule has 1 unspecified atom stereocenters. The summed E-state index contributed by atoms with van der Waals surface area (Å²) in [7, 11) is 0. The lowest BCUT2D eigenvalue weighted by Gasteiger charge is -2.15. The molecule has 112 valence electrons. The fourth-order valence-electron chi connectivity index (χ4n) is 2.77. The molecule has 3 rings (SSSR count). The van der Waals surface area contributed by atoms with Crippen molar-refractivity contribution < 1.29 is 4.79 Å². The van der Waals surface area contributed by atoms with Crippen LogP contribution in [-0.4, -0.2) is 21.1 Å². The number of benzene rings is 1. The van der Waals surface area contributed by atoms with E-state index < -0.39 is 5.91 Å². The third-order valence-corrected chi connectivity index (χ3v) is 3.80. The Kier molecular flexibility index (Phi) is 3.50. The molecule has 3 aromatic rings. The van der Waals surface area contributed by atoms with Gasteiger partial charge in [0.25, 0.3) is 5.56 Å². The standard InChI is InChI=1S/C16H16N4O2/c1-9-15(16(22)20-19-9)12(8-14(17)21)10-4-5-13-11(7-10)3-2-6-18-13/h2-7,12H,8H2,1H3,(H2,17,21)(H2,19,20,22). The SMILES string of the molecule is Cc1[nH][nH]c(=O)c1C(CC(N)=O)c1ccc2ncccc2c1. The molecular formula is C16H16N4O2. The first kappa shape index (κ1) is 14.1. The maximum atomic E-state index is 12.0. The summed E-state index contributed by atoms with van der Waals surface area (Å²) in [4.78, 5) is 27.8. The summed E-state index contributed by atoms with van der Waals surface area (Å²) in [5.41, 5.74) is 8.14. The van der Waals surface area contributed by atoms with E-state index in [0.29, 0.717) is 11.3 Å². The van der Waals surface area contributed by atoms with E-state index in [9.17, 15) is 9.59 Å². The van der Waals surface area contributed by atoms with Gasteiger partial charge >= 0.3 is 0 Å². The Morgan fingerprint density at radius 2 is 2.14 bits per heavy atom. The van der Waals surface area contributed by atoms with Crippen molar-refractivity contribution >= 4 is 16.8 Å². The topological polar surface area (TPSA) is 105 Å². The van der Waals surface area contributed by atoms with Gasteiger partial charge in [-0.25, -0.2) is 0 Å². The maximum absolute atomic E-state index is 12.0. The molecule has 0 bridgehead atoms. The molecule has 0 aliphatic heterocycles. The van der Waals surface area contributed by atoms with Gasteiger partial charge in [0.05, 0.1) is 5.52 Å². The first-order chi connectivity index (χ1) is 10.6. The highest BCUT2D eigenvalue weighted by Crippen LogP contribution is 2.29. The van der Waals surface area contributed by atoms with Crippen molar-refractivity contribution in [2.75, 3.05) is 0 Å². The molecule has 0 aliphatic carbocycles. The van der Waals surface area contributed by atoms with Crippen molar-refractivity contribution in [1.29, 1.82) is 0 Å². The number of nitrogens with two attached hydrogens (primary N) is 1. The van der Waals surface area contributed by atoms with E-state index in [-0.39, 0.29) is 17.9 Å². The molecule has 0 fully saturated rings. The third kappa shape index (κ3) is 2.50. The monoisotopic (exact) mass is 296 g/mol. The van der Waals surface area contributed by atoms with Crippen LogP contribution in [0.15, 0.2) is 41.3 Å². The smallest absolute Gasteiger partial charge is 0.267 e. The summed E-state index contributed by atoms with van der Waals surface area (Å²) in [6.07, 6.45) is 1.80. The van der Waals surface area contributed by atoms with E-state index in [1.54, 1.807) is 13.1 Å². The summed E-state index contributed by atoms with van der Waals surface area (Å²) >= 11 is 0. The number of rotatable bonds is 4. The number of fused-ring (bicyclic) bond motifs is 1. The van der Waals surface area contributed by atoms with Crippen LogP contribution in [0.2, 0.25) is 0 Å². The molecular weight excluding hydrogens is 280 g/mol. The third-order valence-electron chi connectivity index (χ3n) is 3.80. The van der Waals surface area contributed by atoms with Crippen LogP contribution in [0, 0.1) is 6.92 Å². The molecule has 6 nitrogen and oxygen atoms in total. The molecule has 22 heavy (non-hydrogen) atoms. The lowest BCUT2D eigenvalue weighted by atomic mass is 9.88. The highest BCUT2D eigenvalue weighted by atomic mass is 16.1. The minimum atomic E-state index is -0.448. The number of aromatic amines is 2. The lowest BCUT2D eigenvalue weighted by molar-refractivity contribution is -0.118. The zero-order valence-electron chi connectivity index (χ0n) is 12.1. The number of nitrogens with one attached hydrogen (secondary N) is 2. The van der Waals surface area contributed by atoms with Crippen LogP contribution in [0.1, 0.15) is 29.2 Å². The van der Waals surface area contributed by atoms with Gasteiger partial charge in [0.15, 0.2) is 0 Å². The maximum Gasteiger partial charge on any atom is 0.267 e. The van der Waals surface area contributed by atoms with Crippen LogP contribution in [0.5, 0.6) is 0 Å². The summed E-state index contributed by atoms with van der Waals surface area (Å²) in [5, 5.41) is 6.31. The number of nitrogens with zero attached hydrogens (tertiary/aromatic N) is 1. The Bertz CT molecular complexity index is 894. The second kappa shape index (κ2) is 5.48. The Hall–Kier alpha value is -2.89. The molecule has 1 aromatic carbocycles. The van der Waals surface area contributed by atoms with Crippen molar-refractivity contribution in [3.05, 3.63) is 63.7 Å². The summed E-state index contributed by atoms with van der Waals surface area (Å²) in [6, 6.07) is 9.51. The number of hydrogen-bond donors (Lipinski definition) is 3. The van der Waals surface area contributed by atoms with Gasteiger partial charge in [-0.1, -0.05) is 12.1 Å². The fraction of sp³-hybridized carbons (Fsp3) is 0.188. The quantitative estimate of drug-likeness (QED) is 0.680. The van der Waals surface area contributed by atoms with Gasteiger partial charge in [-0.3, -0.25) is 19.7 Å². The number of carbonyl (C=O) groups excluding carboxylic acids is 1. The molecule has 1 amide bonds. The zero-order valence-corrected chi connectivity index (χ0v) is 12.1. The summed E-state index contributed by atoms with van der Waals surface area (Å²) in [6.45, 7) is 1.80. The van der Waals surface area contributed by atoms with Crippen LogP contribution in [0.25, 0.3) is 10.9 Å². The molecule has 0 radical (unpaired) electrons. The largest absolute Gasteiger partial charge is 0.370 e. The van der Waals surface area contributed by atoms with Gasteiger partial charge in [-0.05, 0) is 30.7 Å². The average molecular weight is 296 g/mol. The molecule has 1 atom stereocenters. The van der Waals surface area contributed by atoms with E-state index in [2.05, 4.69) is 15.2 Å².